The molecule has 1 atom stereocenters. The van der Waals surface area contributed by atoms with Crippen molar-refractivity contribution in [3.05, 3.63) is 118 Å². The summed E-state index contributed by atoms with van der Waals surface area (Å²) in [6, 6.07) is 24.6. The summed E-state index contributed by atoms with van der Waals surface area (Å²) in [5.74, 6) is -1.36. The number of anilines is 3. The van der Waals surface area contributed by atoms with Crippen LogP contribution in [-0.2, 0) is 9.59 Å². The lowest BCUT2D eigenvalue weighted by Crippen LogP contribution is -2.29. The molecular formula is C28H21BrN2O4. The highest BCUT2D eigenvalue weighted by atomic mass is 79.9. The highest BCUT2D eigenvalue weighted by Gasteiger charge is 2.48. The molecule has 0 radical (unpaired) electrons. The lowest BCUT2D eigenvalue weighted by atomic mass is 9.98. The number of nitrogens with one attached hydrogen (secondary N) is 1. The number of para-hydroxylation sites is 1. The number of halogens is 1. The van der Waals surface area contributed by atoms with Crippen LogP contribution in [-0.4, -0.2) is 16.8 Å². The molecule has 1 amide bonds. The van der Waals surface area contributed by atoms with E-state index in [9.17, 15) is 14.7 Å². The van der Waals surface area contributed by atoms with E-state index in [1.807, 2.05) is 49.4 Å². The van der Waals surface area contributed by atoms with Crippen molar-refractivity contribution in [2.75, 3.05) is 10.2 Å². The van der Waals surface area contributed by atoms with Crippen molar-refractivity contribution in [3.8, 4) is 0 Å². The minimum absolute atomic E-state index is 0.0156. The molecule has 0 saturated carbocycles. The van der Waals surface area contributed by atoms with Crippen molar-refractivity contribution in [2.45, 2.75) is 13.0 Å². The Kier molecular flexibility index (Phi) is 6.01. The van der Waals surface area contributed by atoms with E-state index in [4.69, 9.17) is 4.42 Å². The van der Waals surface area contributed by atoms with Gasteiger partial charge in [0.25, 0.3) is 11.7 Å². The van der Waals surface area contributed by atoms with Gasteiger partial charge in [-0.15, -0.1) is 0 Å². The van der Waals surface area contributed by atoms with Crippen LogP contribution in [0.15, 0.2) is 106 Å². The first-order valence-electron chi connectivity index (χ1n) is 11.0. The van der Waals surface area contributed by atoms with E-state index in [0.717, 1.165) is 21.4 Å². The Hall–Kier alpha value is -4.10. The van der Waals surface area contributed by atoms with Crippen LogP contribution in [0, 0.1) is 6.92 Å². The minimum Gasteiger partial charge on any atom is -0.507 e. The van der Waals surface area contributed by atoms with Crippen molar-refractivity contribution >= 4 is 50.4 Å². The highest BCUT2D eigenvalue weighted by molar-refractivity contribution is 9.10. The van der Waals surface area contributed by atoms with E-state index in [2.05, 4.69) is 21.2 Å². The number of aliphatic hydroxyl groups excluding tert-OH is 1. The molecule has 1 aromatic heterocycles. The number of nitrogens with zero attached hydrogens (tertiary/aromatic N) is 1. The zero-order valence-electron chi connectivity index (χ0n) is 18.7. The van der Waals surface area contributed by atoms with E-state index in [0.29, 0.717) is 17.0 Å². The molecule has 6 nitrogen and oxygen atoms in total. The molecule has 1 aliphatic heterocycles. The number of Topliss-reactive ketones (excluding diaryl/α,β-unsaturated/α-hetero) is 1. The number of ketones is 1. The first-order valence-corrected chi connectivity index (χ1v) is 11.8. The Morgan fingerprint density at radius 1 is 0.943 bits per heavy atom. The van der Waals surface area contributed by atoms with E-state index in [1.165, 1.54) is 11.2 Å². The Bertz CT molecular complexity index is 1430. The zero-order valence-corrected chi connectivity index (χ0v) is 20.3. The van der Waals surface area contributed by atoms with Gasteiger partial charge in [0.2, 0.25) is 0 Å². The second-order valence-corrected chi connectivity index (χ2v) is 9.04. The maximum atomic E-state index is 13.2. The van der Waals surface area contributed by atoms with Gasteiger partial charge in [-0.3, -0.25) is 14.5 Å². The van der Waals surface area contributed by atoms with E-state index in [-0.39, 0.29) is 11.3 Å². The average molecular weight is 529 g/mol. The number of hydrogen-bond acceptors (Lipinski definition) is 5. The molecule has 5 rings (SSSR count). The molecule has 1 aliphatic rings. The third-order valence-corrected chi connectivity index (χ3v) is 6.79. The Morgan fingerprint density at radius 2 is 1.66 bits per heavy atom. The Morgan fingerprint density at radius 3 is 2.31 bits per heavy atom. The quantitative estimate of drug-likeness (QED) is 0.170. The van der Waals surface area contributed by atoms with Gasteiger partial charge >= 0.3 is 0 Å². The predicted molar refractivity (Wildman–Crippen MR) is 139 cm³/mol. The molecule has 0 spiro atoms. The third-order valence-electron chi connectivity index (χ3n) is 5.90. The fraction of sp³-hybridized carbons (Fsp3) is 0.0714. The standard InChI is InChI=1S/C28H21BrN2O4/c1-17-16-18(9-14-22(17)29)26(32)24-25(23-8-5-15-35-23)31(28(34)27(24)33)21-12-10-20(11-13-21)30-19-6-3-2-4-7-19/h2-16,25,30,32H,1H3/b26-24-. The number of amides is 1. The van der Waals surface area contributed by atoms with Gasteiger partial charge in [-0.05, 0) is 73.2 Å². The van der Waals surface area contributed by atoms with Gasteiger partial charge < -0.3 is 14.8 Å². The molecule has 4 aromatic rings. The predicted octanol–water partition coefficient (Wildman–Crippen LogP) is 6.72. The van der Waals surface area contributed by atoms with Gasteiger partial charge in [0.05, 0.1) is 11.8 Å². The number of aryl methyl sites for hydroxylation is 1. The summed E-state index contributed by atoms with van der Waals surface area (Å²) < 4.78 is 6.49. The number of benzene rings is 3. The largest absolute Gasteiger partial charge is 0.507 e. The maximum absolute atomic E-state index is 13.2. The van der Waals surface area contributed by atoms with E-state index >= 15 is 0 Å². The molecule has 2 N–H and O–H groups in total. The molecule has 0 bridgehead atoms. The second kappa shape index (κ2) is 9.27. The number of carbonyl (C=O) groups excluding carboxylic acids is 2. The van der Waals surface area contributed by atoms with Crippen LogP contribution < -0.4 is 10.2 Å². The van der Waals surface area contributed by atoms with Gasteiger partial charge in [-0.1, -0.05) is 40.2 Å². The number of furan rings is 1. The number of rotatable bonds is 5. The third kappa shape index (κ3) is 4.26. The molecule has 1 fully saturated rings. The molecule has 3 aromatic carbocycles. The fourth-order valence-corrected chi connectivity index (χ4v) is 4.40. The number of carbonyl (C=O) groups is 2. The highest BCUT2D eigenvalue weighted by Crippen LogP contribution is 2.42. The van der Waals surface area contributed by atoms with Crippen molar-refractivity contribution in [1.82, 2.24) is 0 Å². The molecule has 7 heteroatoms. The lowest BCUT2D eigenvalue weighted by Gasteiger charge is -2.23. The SMILES string of the molecule is Cc1cc(/C(O)=C2/C(=O)C(=O)N(c3ccc(Nc4ccccc4)cc3)C2c2ccco2)ccc1Br. The maximum Gasteiger partial charge on any atom is 0.300 e. The zero-order chi connectivity index (χ0) is 24.5. The number of aliphatic hydroxyl groups is 1. The van der Waals surface area contributed by atoms with Crippen LogP contribution in [0.25, 0.3) is 5.76 Å². The van der Waals surface area contributed by atoms with Crippen molar-refractivity contribution in [2.24, 2.45) is 0 Å². The summed E-state index contributed by atoms with van der Waals surface area (Å²) >= 11 is 3.45. The van der Waals surface area contributed by atoms with Gasteiger partial charge in [0.1, 0.15) is 17.6 Å². The average Bonchev–Trinajstić information content (AvgIpc) is 3.49. The van der Waals surface area contributed by atoms with Crippen LogP contribution in [0.2, 0.25) is 0 Å². The van der Waals surface area contributed by atoms with Crippen LogP contribution in [0.5, 0.6) is 0 Å². The summed E-state index contributed by atoms with van der Waals surface area (Å²) in [5.41, 5.74) is 3.59. The van der Waals surface area contributed by atoms with Crippen molar-refractivity contribution < 1.29 is 19.1 Å². The molecule has 1 saturated heterocycles. The molecule has 35 heavy (non-hydrogen) atoms. The van der Waals surface area contributed by atoms with Gasteiger partial charge in [-0.2, -0.15) is 0 Å². The molecule has 174 valence electrons. The first-order chi connectivity index (χ1) is 16.9. The van der Waals surface area contributed by atoms with Crippen LogP contribution in [0.4, 0.5) is 17.1 Å². The van der Waals surface area contributed by atoms with Crippen molar-refractivity contribution in [3.63, 3.8) is 0 Å². The molecule has 1 unspecified atom stereocenters. The normalized spacial score (nSPS) is 17.1. The van der Waals surface area contributed by atoms with Crippen molar-refractivity contribution in [1.29, 1.82) is 0 Å². The topological polar surface area (TPSA) is 82.8 Å². The first kappa shape index (κ1) is 22.7. The molecule has 0 aliphatic carbocycles. The van der Waals surface area contributed by atoms with Crippen LogP contribution >= 0.6 is 15.9 Å². The second-order valence-electron chi connectivity index (χ2n) is 8.19. The Balaban J connectivity index is 1.56. The van der Waals surface area contributed by atoms with Crippen LogP contribution in [0.1, 0.15) is 22.9 Å². The minimum atomic E-state index is -0.901. The summed E-state index contributed by atoms with van der Waals surface area (Å²) in [7, 11) is 0. The van der Waals surface area contributed by atoms with Crippen LogP contribution in [0.3, 0.4) is 0 Å². The monoisotopic (exact) mass is 528 g/mol. The molecule has 2 heterocycles. The lowest BCUT2D eigenvalue weighted by molar-refractivity contribution is -0.132. The van der Waals surface area contributed by atoms with E-state index in [1.54, 1.807) is 42.5 Å². The smallest absolute Gasteiger partial charge is 0.300 e. The summed E-state index contributed by atoms with van der Waals surface area (Å²) in [6.45, 7) is 1.88. The summed E-state index contributed by atoms with van der Waals surface area (Å²) in [4.78, 5) is 27.8. The summed E-state index contributed by atoms with van der Waals surface area (Å²) in [6.07, 6.45) is 1.48. The van der Waals surface area contributed by atoms with E-state index < -0.39 is 17.7 Å². The number of hydrogen-bond donors (Lipinski definition) is 2. The molecular weight excluding hydrogens is 508 g/mol. The van der Waals surface area contributed by atoms with Gasteiger partial charge in [0.15, 0.2) is 0 Å². The summed E-state index contributed by atoms with van der Waals surface area (Å²) in [5, 5.41) is 14.5. The fourth-order valence-electron chi connectivity index (χ4n) is 4.16. The van der Waals surface area contributed by atoms with Gasteiger partial charge in [0, 0.05) is 27.1 Å². The Labute approximate surface area is 210 Å². The van der Waals surface area contributed by atoms with Gasteiger partial charge in [-0.25, -0.2) is 0 Å².